The molecule has 1 aromatic carbocycles. The van der Waals surface area contributed by atoms with Crippen molar-refractivity contribution in [1.29, 1.82) is 0 Å². The molecule has 0 spiro atoms. The number of hydrogen-bond acceptors (Lipinski definition) is 3. The summed E-state index contributed by atoms with van der Waals surface area (Å²) in [6.07, 6.45) is -0.193. The maximum absolute atomic E-state index is 11.8. The molecule has 5 heteroatoms. The third kappa shape index (κ3) is 3.00. The van der Waals surface area contributed by atoms with Crippen molar-refractivity contribution in [3.63, 3.8) is 0 Å². The van der Waals surface area contributed by atoms with E-state index >= 15 is 0 Å². The van der Waals surface area contributed by atoms with Gasteiger partial charge in [0.15, 0.2) is 5.75 Å². The fourth-order valence-electron chi connectivity index (χ4n) is 1.94. The van der Waals surface area contributed by atoms with Gasteiger partial charge in [-0.1, -0.05) is 30.3 Å². The molecule has 2 aromatic rings. The molecule has 1 aromatic heterocycles. The summed E-state index contributed by atoms with van der Waals surface area (Å²) in [5, 5.41) is 11.7. The first-order chi connectivity index (χ1) is 9.65. The smallest absolute Gasteiger partial charge is 0.271 e. The monoisotopic (exact) mass is 274 g/mol. The molecule has 1 atom stereocenters. The first-order valence-electron chi connectivity index (χ1n) is 6.42. The van der Waals surface area contributed by atoms with Crippen molar-refractivity contribution < 1.29 is 14.6 Å². The van der Waals surface area contributed by atoms with Crippen molar-refractivity contribution >= 4 is 5.91 Å². The number of aromatic amines is 1. The average molecular weight is 274 g/mol. The van der Waals surface area contributed by atoms with Crippen LogP contribution in [0.1, 0.15) is 34.8 Å². The normalized spacial score (nSPS) is 11.9. The highest BCUT2D eigenvalue weighted by Gasteiger charge is 2.18. The zero-order valence-electron chi connectivity index (χ0n) is 11.5. The molecule has 2 rings (SSSR count). The highest BCUT2D eigenvalue weighted by Crippen LogP contribution is 2.26. The zero-order chi connectivity index (χ0) is 14.5. The topological polar surface area (TPSA) is 74.4 Å². The van der Waals surface area contributed by atoms with Gasteiger partial charge in [0.25, 0.3) is 5.91 Å². The minimum absolute atomic E-state index is 0.174. The van der Waals surface area contributed by atoms with Gasteiger partial charge in [-0.2, -0.15) is 0 Å². The van der Waals surface area contributed by atoms with Gasteiger partial charge < -0.3 is 20.1 Å². The second-order valence-electron chi connectivity index (χ2n) is 4.44. The van der Waals surface area contributed by atoms with Gasteiger partial charge in [-0.15, -0.1) is 0 Å². The summed E-state index contributed by atoms with van der Waals surface area (Å²) in [5.41, 5.74) is 1.88. The van der Waals surface area contributed by atoms with E-state index in [1.165, 1.54) is 0 Å². The SMILES string of the molecule is CNC(=O)c1[nH]c(CO)cc1O[C@@H](C)c1ccccc1. The lowest BCUT2D eigenvalue weighted by atomic mass is 10.1. The first-order valence-corrected chi connectivity index (χ1v) is 6.42. The molecule has 3 N–H and O–H groups in total. The molecule has 1 heterocycles. The summed E-state index contributed by atoms with van der Waals surface area (Å²) in [6, 6.07) is 11.4. The molecule has 20 heavy (non-hydrogen) atoms. The lowest BCUT2D eigenvalue weighted by Crippen LogP contribution is -2.19. The van der Waals surface area contributed by atoms with Gasteiger partial charge in [0.2, 0.25) is 0 Å². The minimum Gasteiger partial charge on any atom is -0.484 e. The summed E-state index contributed by atoms with van der Waals surface area (Å²) in [6.45, 7) is 1.74. The Bertz CT molecular complexity index is 578. The molecule has 0 saturated heterocycles. The highest BCUT2D eigenvalue weighted by atomic mass is 16.5. The predicted molar refractivity (Wildman–Crippen MR) is 75.6 cm³/mol. The fourth-order valence-corrected chi connectivity index (χ4v) is 1.94. The highest BCUT2D eigenvalue weighted by molar-refractivity contribution is 5.95. The number of carbonyl (C=O) groups is 1. The molecule has 0 aliphatic rings. The van der Waals surface area contributed by atoms with Crippen LogP contribution >= 0.6 is 0 Å². The standard InChI is InChI=1S/C15H18N2O3/c1-10(11-6-4-3-5-7-11)20-13-8-12(9-18)17-14(13)15(19)16-2/h3-8,10,17-18H,9H2,1-2H3,(H,16,19)/t10-/m0/s1. The lowest BCUT2D eigenvalue weighted by Gasteiger charge is -2.14. The molecule has 0 bridgehead atoms. The number of aliphatic hydroxyl groups excluding tert-OH is 1. The summed E-state index contributed by atoms with van der Waals surface area (Å²) >= 11 is 0. The Morgan fingerprint density at radius 2 is 2.10 bits per heavy atom. The predicted octanol–water partition coefficient (Wildman–Crippen LogP) is 2.01. The van der Waals surface area contributed by atoms with E-state index in [-0.39, 0.29) is 18.6 Å². The molecule has 0 aliphatic carbocycles. The van der Waals surface area contributed by atoms with Crippen molar-refractivity contribution in [2.75, 3.05) is 7.05 Å². The van der Waals surface area contributed by atoms with E-state index < -0.39 is 0 Å². The van der Waals surface area contributed by atoms with Gasteiger partial charge in [-0.05, 0) is 12.5 Å². The third-order valence-corrected chi connectivity index (χ3v) is 3.03. The van der Waals surface area contributed by atoms with Gasteiger partial charge in [-0.25, -0.2) is 0 Å². The van der Waals surface area contributed by atoms with Crippen LogP contribution in [0.15, 0.2) is 36.4 Å². The van der Waals surface area contributed by atoms with Crippen LogP contribution in [0.2, 0.25) is 0 Å². The van der Waals surface area contributed by atoms with Crippen molar-refractivity contribution in [3.8, 4) is 5.75 Å². The van der Waals surface area contributed by atoms with Crippen LogP contribution in [-0.2, 0) is 6.61 Å². The molecule has 0 fully saturated rings. The molecular weight excluding hydrogens is 256 g/mol. The number of ether oxygens (including phenoxy) is 1. The quantitative estimate of drug-likeness (QED) is 0.780. The van der Waals surface area contributed by atoms with E-state index in [0.717, 1.165) is 5.56 Å². The number of H-pyrrole nitrogens is 1. The van der Waals surface area contributed by atoms with Crippen molar-refractivity contribution in [3.05, 3.63) is 53.3 Å². The molecule has 1 amide bonds. The number of benzene rings is 1. The van der Waals surface area contributed by atoms with Crippen LogP contribution < -0.4 is 10.1 Å². The summed E-state index contributed by atoms with van der Waals surface area (Å²) in [7, 11) is 1.55. The maximum Gasteiger partial charge on any atom is 0.271 e. The third-order valence-electron chi connectivity index (χ3n) is 3.03. The number of aliphatic hydroxyl groups is 1. The molecule has 106 valence electrons. The molecule has 0 radical (unpaired) electrons. The van der Waals surface area contributed by atoms with Gasteiger partial charge in [-0.3, -0.25) is 4.79 Å². The average Bonchev–Trinajstić information content (AvgIpc) is 2.90. The van der Waals surface area contributed by atoms with Crippen LogP contribution in [-0.4, -0.2) is 23.0 Å². The second kappa shape index (κ2) is 6.25. The van der Waals surface area contributed by atoms with E-state index in [2.05, 4.69) is 10.3 Å². The Balaban J connectivity index is 2.24. The van der Waals surface area contributed by atoms with Crippen molar-refractivity contribution in [2.24, 2.45) is 0 Å². The van der Waals surface area contributed by atoms with Gasteiger partial charge in [0.1, 0.15) is 11.8 Å². The van der Waals surface area contributed by atoms with E-state index in [1.807, 2.05) is 37.3 Å². The number of hydrogen-bond donors (Lipinski definition) is 3. The zero-order valence-corrected chi connectivity index (χ0v) is 11.5. The largest absolute Gasteiger partial charge is 0.484 e. The Hall–Kier alpha value is -2.27. The van der Waals surface area contributed by atoms with Crippen molar-refractivity contribution in [1.82, 2.24) is 10.3 Å². The molecule has 0 saturated carbocycles. The first kappa shape index (κ1) is 14.1. The van der Waals surface area contributed by atoms with Crippen LogP contribution in [0.25, 0.3) is 0 Å². The number of nitrogens with one attached hydrogen (secondary N) is 2. The molecule has 5 nitrogen and oxygen atoms in total. The van der Waals surface area contributed by atoms with Gasteiger partial charge in [0.05, 0.1) is 6.61 Å². The Kier molecular flexibility index (Phi) is 4.42. The van der Waals surface area contributed by atoms with E-state index in [4.69, 9.17) is 9.84 Å². The Morgan fingerprint density at radius 1 is 1.40 bits per heavy atom. The Labute approximate surface area is 117 Å². The summed E-state index contributed by atoms with van der Waals surface area (Å²) < 4.78 is 5.83. The summed E-state index contributed by atoms with van der Waals surface area (Å²) in [5.74, 6) is 0.157. The molecule has 0 aliphatic heterocycles. The van der Waals surface area contributed by atoms with E-state index in [9.17, 15) is 4.79 Å². The van der Waals surface area contributed by atoms with Crippen LogP contribution in [0.3, 0.4) is 0 Å². The van der Waals surface area contributed by atoms with Gasteiger partial charge in [0, 0.05) is 18.8 Å². The summed E-state index contributed by atoms with van der Waals surface area (Å²) in [4.78, 5) is 14.6. The number of amides is 1. The van der Waals surface area contributed by atoms with Crippen LogP contribution in [0.4, 0.5) is 0 Å². The van der Waals surface area contributed by atoms with Crippen molar-refractivity contribution in [2.45, 2.75) is 19.6 Å². The van der Waals surface area contributed by atoms with Gasteiger partial charge >= 0.3 is 0 Å². The number of aromatic nitrogens is 1. The number of rotatable bonds is 5. The maximum atomic E-state index is 11.8. The van der Waals surface area contributed by atoms with Crippen LogP contribution in [0.5, 0.6) is 5.75 Å². The Morgan fingerprint density at radius 3 is 2.70 bits per heavy atom. The molecular formula is C15H18N2O3. The van der Waals surface area contributed by atoms with E-state index in [1.54, 1.807) is 13.1 Å². The molecule has 0 unspecified atom stereocenters. The van der Waals surface area contributed by atoms with E-state index in [0.29, 0.717) is 17.1 Å². The lowest BCUT2D eigenvalue weighted by molar-refractivity contribution is 0.0951. The minimum atomic E-state index is -0.278. The fraction of sp³-hybridized carbons (Fsp3) is 0.267. The second-order valence-corrected chi connectivity index (χ2v) is 4.44. The van der Waals surface area contributed by atoms with Crippen LogP contribution in [0, 0.1) is 0 Å². The number of carbonyl (C=O) groups excluding carboxylic acids is 1.